The highest BCUT2D eigenvalue weighted by Gasteiger charge is 2.21. The number of unbranched alkanes of at least 4 members (excludes halogenated alkanes) is 1. The Morgan fingerprint density at radius 3 is 2.04 bits per heavy atom. The predicted molar refractivity (Wildman–Crippen MR) is 92.7 cm³/mol. The number of ether oxygens (including phenoxy) is 3. The van der Waals surface area contributed by atoms with Gasteiger partial charge in [-0.3, -0.25) is 0 Å². The molecule has 0 radical (unpaired) electrons. The van der Waals surface area contributed by atoms with Crippen LogP contribution in [0.1, 0.15) is 44.8 Å². The van der Waals surface area contributed by atoms with E-state index in [1.165, 1.54) is 12.8 Å². The molecule has 0 fully saturated rings. The van der Waals surface area contributed by atoms with Crippen LogP contribution in [0.4, 0.5) is 0 Å². The first-order chi connectivity index (χ1) is 11.1. The Morgan fingerprint density at radius 1 is 1.00 bits per heavy atom. The van der Waals surface area contributed by atoms with Crippen LogP contribution in [0.2, 0.25) is 0 Å². The van der Waals surface area contributed by atoms with E-state index >= 15 is 0 Å². The molecule has 0 aliphatic rings. The highest BCUT2D eigenvalue weighted by atomic mass is 16.5. The first-order valence-corrected chi connectivity index (χ1v) is 8.31. The van der Waals surface area contributed by atoms with E-state index in [1.807, 2.05) is 0 Å². The van der Waals surface area contributed by atoms with E-state index in [-0.39, 0.29) is 0 Å². The zero-order chi connectivity index (χ0) is 17.2. The van der Waals surface area contributed by atoms with Crippen molar-refractivity contribution < 1.29 is 19.3 Å². The minimum absolute atomic E-state index is 0.588. The normalized spacial score (nSPS) is 12.3. The highest BCUT2D eigenvalue weighted by Crippen LogP contribution is 2.39. The lowest BCUT2D eigenvalue weighted by Gasteiger charge is -2.23. The average molecular weight is 325 g/mol. The first kappa shape index (κ1) is 19.6. The quantitative estimate of drug-likeness (QED) is 0.677. The van der Waals surface area contributed by atoms with Crippen LogP contribution in [0.25, 0.3) is 0 Å². The van der Waals surface area contributed by atoms with E-state index in [1.54, 1.807) is 33.5 Å². The fourth-order valence-electron chi connectivity index (χ4n) is 2.62. The molecular weight excluding hydrogens is 294 g/mol. The van der Waals surface area contributed by atoms with Gasteiger partial charge in [0.25, 0.3) is 0 Å². The molecule has 5 heteroatoms. The molecule has 1 unspecified atom stereocenters. The Morgan fingerprint density at radius 2 is 1.61 bits per heavy atom. The molecule has 0 heterocycles. The Balaban J connectivity index is 2.87. The number of aliphatic hydroxyl groups excluding tert-OH is 1. The summed E-state index contributed by atoms with van der Waals surface area (Å²) in [5.74, 6) is 1.82. The maximum atomic E-state index is 10.7. The van der Waals surface area contributed by atoms with Gasteiger partial charge in [-0.05, 0) is 25.9 Å². The molecule has 0 aliphatic carbocycles. The molecular formula is C18H31NO4. The molecule has 23 heavy (non-hydrogen) atoms. The third-order valence-corrected chi connectivity index (χ3v) is 4.08. The predicted octanol–water partition coefficient (Wildman–Crippen LogP) is 3.26. The van der Waals surface area contributed by atoms with Crippen molar-refractivity contribution >= 4 is 0 Å². The lowest BCUT2D eigenvalue weighted by Crippen LogP contribution is -2.27. The van der Waals surface area contributed by atoms with Crippen molar-refractivity contribution in [2.45, 2.75) is 39.2 Å². The van der Waals surface area contributed by atoms with Crippen molar-refractivity contribution in [2.24, 2.45) is 0 Å². The summed E-state index contributed by atoms with van der Waals surface area (Å²) in [6.45, 7) is 7.24. The molecule has 0 spiro atoms. The van der Waals surface area contributed by atoms with E-state index in [0.717, 1.165) is 19.6 Å². The van der Waals surface area contributed by atoms with Crippen molar-refractivity contribution in [3.8, 4) is 17.2 Å². The van der Waals surface area contributed by atoms with E-state index in [4.69, 9.17) is 14.2 Å². The minimum Gasteiger partial charge on any atom is -0.496 e. The summed E-state index contributed by atoms with van der Waals surface area (Å²) < 4.78 is 16.1. The summed E-state index contributed by atoms with van der Waals surface area (Å²) in [5, 5.41) is 10.7. The summed E-state index contributed by atoms with van der Waals surface area (Å²) in [4.78, 5) is 2.36. The van der Waals surface area contributed by atoms with E-state index in [2.05, 4.69) is 18.7 Å². The summed E-state index contributed by atoms with van der Waals surface area (Å²) in [5.41, 5.74) is 0.683. The smallest absolute Gasteiger partial charge is 0.132 e. The van der Waals surface area contributed by atoms with Crippen molar-refractivity contribution in [1.82, 2.24) is 4.90 Å². The van der Waals surface area contributed by atoms with Crippen molar-refractivity contribution in [2.75, 3.05) is 41.0 Å². The molecule has 132 valence electrons. The van der Waals surface area contributed by atoms with Gasteiger partial charge in [-0.1, -0.05) is 20.3 Å². The molecule has 0 aliphatic heterocycles. The molecule has 0 bridgehead atoms. The number of aliphatic hydroxyl groups is 1. The summed E-state index contributed by atoms with van der Waals surface area (Å²) in [7, 11) is 4.77. The fraction of sp³-hybridized carbons (Fsp3) is 0.667. The molecule has 0 saturated heterocycles. The van der Waals surface area contributed by atoms with Gasteiger partial charge in [0.1, 0.15) is 17.2 Å². The first-order valence-electron chi connectivity index (χ1n) is 8.31. The SMILES string of the molecule is CCCCN(CC)CCC(O)c1c(OC)cc(OC)cc1OC. The summed E-state index contributed by atoms with van der Waals surface area (Å²) in [6, 6.07) is 3.55. The molecule has 1 rings (SSSR count). The Hall–Kier alpha value is -1.46. The third-order valence-electron chi connectivity index (χ3n) is 4.08. The second kappa shape index (κ2) is 10.3. The third kappa shape index (κ3) is 5.59. The lowest BCUT2D eigenvalue weighted by molar-refractivity contribution is 0.136. The number of benzene rings is 1. The monoisotopic (exact) mass is 325 g/mol. The number of hydrogen-bond acceptors (Lipinski definition) is 5. The average Bonchev–Trinajstić information content (AvgIpc) is 2.60. The zero-order valence-corrected chi connectivity index (χ0v) is 15.1. The van der Waals surface area contributed by atoms with Crippen LogP contribution < -0.4 is 14.2 Å². The highest BCUT2D eigenvalue weighted by molar-refractivity contribution is 5.51. The van der Waals surface area contributed by atoms with Gasteiger partial charge in [0.05, 0.1) is 33.0 Å². The van der Waals surface area contributed by atoms with Crippen molar-refractivity contribution in [3.05, 3.63) is 17.7 Å². The summed E-state index contributed by atoms with van der Waals surface area (Å²) >= 11 is 0. The number of hydrogen-bond donors (Lipinski definition) is 1. The fourth-order valence-corrected chi connectivity index (χ4v) is 2.62. The van der Waals surface area contributed by atoms with E-state index in [0.29, 0.717) is 29.2 Å². The number of nitrogens with zero attached hydrogens (tertiary/aromatic N) is 1. The topological polar surface area (TPSA) is 51.2 Å². The van der Waals surface area contributed by atoms with E-state index < -0.39 is 6.10 Å². The number of methoxy groups -OCH3 is 3. The van der Waals surface area contributed by atoms with E-state index in [9.17, 15) is 5.11 Å². The largest absolute Gasteiger partial charge is 0.496 e. The van der Waals surface area contributed by atoms with Crippen LogP contribution >= 0.6 is 0 Å². The van der Waals surface area contributed by atoms with Gasteiger partial charge >= 0.3 is 0 Å². The van der Waals surface area contributed by atoms with Crippen LogP contribution in [-0.4, -0.2) is 51.0 Å². The molecule has 1 aromatic rings. The standard InChI is InChI=1S/C18H31NO4/c1-6-8-10-19(7-2)11-9-15(20)18-16(22-4)12-14(21-3)13-17(18)23-5/h12-13,15,20H,6-11H2,1-5H3. The second-order valence-electron chi connectivity index (χ2n) is 5.54. The molecule has 1 N–H and O–H groups in total. The Labute approximate surface area is 140 Å². The van der Waals surface area contributed by atoms with Gasteiger partial charge in [0, 0.05) is 18.7 Å². The van der Waals surface area contributed by atoms with Crippen LogP contribution in [-0.2, 0) is 0 Å². The molecule has 1 atom stereocenters. The second-order valence-corrected chi connectivity index (χ2v) is 5.54. The van der Waals surface area contributed by atoms with Crippen LogP contribution in [0.5, 0.6) is 17.2 Å². The molecule has 5 nitrogen and oxygen atoms in total. The van der Waals surface area contributed by atoms with Gasteiger partial charge in [-0.15, -0.1) is 0 Å². The molecule has 0 aromatic heterocycles. The lowest BCUT2D eigenvalue weighted by atomic mass is 10.0. The van der Waals surface area contributed by atoms with Crippen LogP contribution in [0.15, 0.2) is 12.1 Å². The van der Waals surface area contributed by atoms with Crippen molar-refractivity contribution in [1.29, 1.82) is 0 Å². The van der Waals surface area contributed by atoms with Gasteiger partial charge < -0.3 is 24.2 Å². The maximum absolute atomic E-state index is 10.7. The van der Waals surface area contributed by atoms with Gasteiger partial charge in [0.15, 0.2) is 0 Å². The van der Waals surface area contributed by atoms with Gasteiger partial charge in [0.2, 0.25) is 0 Å². The zero-order valence-electron chi connectivity index (χ0n) is 15.1. The van der Waals surface area contributed by atoms with Gasteiger partial charge in [-0.2, -0.15) is 0 Å². The van der Waals surface area contributed by atoms with Crippen molar-refractivity contribution in [3.63, 3.8) is 0 Å². The Kier molecular flexibility index (Phi) is 8.81. The van der Waals surface area contributed by atoms with Crippen LogP contribution in [0, 0.1) is 0 Å². The van der Waals surface area contributed by atoms with Gasteiger partial charge in [-0.25, -0.2) is 0 Å². The molecule has 0 saturated carbocycles. The van der Waals surface area contributed by atoms with Crippen LogP contribution in [0.3, 0.4) is 0 Å². The summed E-state index contributed by atoms with van der Waals surface area (Å²) in [6.07, 6.45) is 2.36. The maximum Gasteiger partial charge on any atom is 0.132 e. The minimum atomic E-state index is -0.638. The molecule has 1 aromatic carbocycles. The Bertz CT molecular complexity index is 439. The molecule has 0 amide bonds. The number of rotatable bonds is 11.